The molecule has 0 radical (unpaired) electrons. The van der Waals surface area contributed by atoms with E-state index in [1.807, 2.05) is 18.2 Å². The fourth-order valence-electron chi connectivity index (χ4n) is 3.29. The van der Waals surface area contributed by atoms with Crippen LogP contribution in [0.25, 0.3) is 0 Å². The van der Waals surface area contributed by atoms with Gasteiger partial charge in [0.25, 0.3) is 0 Å². The molecule has 1 aliphatic carbocycles. The molecule has 1 saturated carbocycles. The monoisotopic (exact) mass is 461 g/mol. The van der Waals surface area contributed by atoms with Crippen molar-refractivity contribution < 1.29 is 9.47 Å². The van der Waals surface area contributed by atoms with Crippen molar-refractivity contribution in [2.24, 2.45) is 16.6 Å². The van der Waals surface area contributed by atoms with Crippen LogP contribution in [0.2, 0.25) is 0 Å². The standard InChI is InChI=1S/C19H31N3O2.HI/c1-23-17-11-10-16(13-18(17)24-2)14-22-19(20)21-12-6-9-15-7-4-3-5-8-15;/h10-11,13,15H,3-9,12,14H2,1-2H3,(H3,20,21,22);1H. The third-order valence-electron chi connectivity index (χ3n) is 4.70. The molecule has 0 spiro atoms. The van der Waals surface area contributed by atoms with Crippen molar-refractivity contribution in [3.63, 3.8) is 0 Å². The number of nitrogens with two attached hydrogens (primary N) is 1. The first-order valence-electron chi connectivity index (χ1n) is 8.97. The Bertz CT molecular complexity index is 531. The van der Waals surface area contributed by atoms with Gasteiger partial charge in [0.15, 0.2) is 17.5 Å². The van der Waals surface area contributed by atoms with Crippen LogP contribution in [0.5, 0.6) is 11.5 Å². The lowest BCUT2D eigenvalue weighted by Gasteiger charge is -2.21. The van der Waals surface area contributed by atoms with E-state index in [-0.39, 0.29) is 24.0 Å². The zero-order valence-corrected chi connectivity index (χ0v) is 17.8. The van der Waals surface area contributed by atoms with Crippen LogP contribution in [-0.2, 0) is 6.54 Å². The maximum Gasteiger partial charge on any atom is 0.188 e. The summed E-state index contributed by atoms with van der Waals surface area (Å²) >= 11 is 0. The average Bonchev–Trinajstić information content (AvgIpc) is 2.64. The lowest BCUT2D eigenvalue weighted by atomic mass is 9.86. The van der Waals surface area contributed by atoms with E-state index >= 15 is 0 Å². The molecule has 0 aliphatic heterocycles. The number of rotatable bonds is 8. The molecule has 1 aliphatic rings. The molecule has 142 valence electrons. The molecular weight excluding hydrogens is 429 g/mol. The zero-order chi connectivity index (χ0) is 17.2. The summed E-state index contributed by atoms with van der Waals surface area (Å²) in [6, 6.07) is 5.79. The van der Waals surface area contributed by atoms with Crippen molar-refractivity contribution in [3.05, 3.63) is 23.8 Å². The van der Waals surface area contributed by atoms with Gasteiger partial charge in [-0.25, -0.2) is 4.99 Å². The topological polar surface area (TPSA) is 68.9 Å². The van der Waals surface area contributed by atoms with E-state index in [0.717, 1.165) is 30.2 Å². The van der Waals surface area contributed by atoms with Crippen molar-refractivity contribution in [3.8, 4) is 11.5 Å². The number of aliphatic imine (C=N–C) groups is 1. The summed E-state index contributed by atoms with van der Waals surface area (Å²) < 4.78 is 10.5. The second kappa shape index (κ2) is 12.2. The molecule has 1 fully saturated rings. The van der Waals surface area contributed by atoms with Crippen molar-refractivity contribution >= 4 is 29.9 Å². The molecule has 0 atom stereocenters. The molecule has 6 heteroatoms. The van der Waals surface area contributed by atoms with Crippen molar-refractivity contribution in [2.75, 3.05) is 20.8 Å². The number of hydrogen-bond acceptors (Lipinski definition) is 3. The van der Waals surface area contributed by atoms with Gasteiger partial charge in [-0.1, -0.05) is 38.2 Å². The van der Waals surface area contributed by atoms with Crippen LogP contribution >= 0.6 is 24.0 Å². The normalized spacial score (nSPS) is 15.4. The van der Waals surface area contributed by atoms with Crippen LogP contribution < -0.4 is 20.5 Å². The summed E-state index contributed by atoms with van der Waals surface area (Å²) in [4.78, 5) is 4.40. The van der Waals surface area contributed by atoms with E-state index in [1.165, 1.54) is 38.5 Å². The van der Waals surface area contributed by atoms with Crippen LogP contribution in [0.1, 0.15) is 50.5 Å². The molecule has 0 saturated heterocycles. The van der Waals surface area contributed by atoms with Crippen LogP contribution in [0.3, 0.4) is 0 Å². The minimum absolute atomic E-state index is 0. The molecule has 3 N–H and O–H groups in total. The predicted molar refractivity (Wildman–Crippen MR) is 114 cm³/mol. The van der Waals surface area contributed by atoms with Crippen LogP contribution in [-0.4, -0.2) is 26.7 Å². The van der Waals surface area contributed by atoms with Gasteiger partial charge in [0.2, 0.25) is 0 Å². The largest absolute Gasteiger partial charge is 0.493 e. The van der Waals surface area contributed by atoms with E-state index in [4.69, 9.17) is 15.2 Å². The van der Waals surface area contributed by atoms with Crippen molar-refractivity contribution in [2.45, 2.75) is 51.5 Å². The maximum atomic E-state index is 5.95. The molecule has 5 nitrogen and oxygen atoms in total. The molecular formula is C19H32IN3O2. The summed E-state index contributed by atoms with van der Waals surface area (Å²) in [5.41, 5.74) is 6.99. The molecule has 0 amide bonds. The summed E-state index contributed by atoms with van der Waals surface area (Å²) in [5, 5.41) is 3.22. The molecule has 0 heterocycles. The number of benzene rings is 1. The van der Waals surface area contributed by atoms with Gasteiger partial charge in [-0.15, -0.1) is 24.0 Å². The first kappa shape index (κ1) is 21.9. The Labute approximate surface area is 168 Å². The number of methoxy groups -OCH3 is 2. The predicted octanol–water partition coefficient (Wildman–Crippen LogP) is 4.09. The van der Waals surface area contributed by atoms with E-state index in [0.29, 0.717) is 18.3 Å². The zero-order valence-electron chi connectivity index (χ0n) is 15.4. The van der Waals surface area contributed by atoms with Gasteiger partial charge < -0.3 is 20.5 Å². The third kappa shape index (κ3) is 7.71. The van der Waals surface area contributed by atoms with Crippen molar-refractivity contribution in [1.29, 1.82) is 0 Å². The lowest BCUT2D eigenvalue weighted by molar-refractivity contribution is 0.332. The Morgan fingerprint density at radius 2 is 1.88 bits per heavy atom. The fraction of sp³-hybridized carbons (Fsp3) is 0.632. The molecule has 2 rings (SSSR count). The SMILES string of the molecule is COc1ccc(CN=C(N)NCCCC2CCCCC2)cc1OC.I. The first-order valence-corrected chi connectivity index (χ1v) is 8.97. The number of nitrogens with zero attached hydrogens (tertiary/aromatic N) is 1. The van der Waals surface area contributed by atoms with Gasteiger partial charge in [-0.2, -0.15) is 0 Å². The minimum Gasteiger partial charge on any atom is -0.493 e. The molecule has 0 aromatic heterocycles. The van der Waals surface area contributed by atoms with E-state index in [2.05, 4.69) is 10.3 Å². The molecule has 0 unspecified atom stereocenters. The Balaban J connectivity index is 0.00000312. The quantitative estimate of drug-likeness (QED) is 0.265. The molecule has 1 aromatic rings. The Hall–Kier alpha value is -1.18. The summed E-state index contributed by atoms with van der Waals surface area (Å²) in [6.45, 7) is 1.43. The highest BCUT2D eigenvalue weighted by Crippen LogP contribution is 2.28. The summed E-state index contributed by atoms with van der Waals surface area (Å²) in [5.74, 6) is 2.86. The maximum absolute atomic E-state index is 5.95. The van der Waals surface area contributed by atoms with Gasteiger partial charge >= 0.3 is 0 Å². The van der Waals surface area contributed by atoms with Gasteiger partial charge in [0, 0.05) is 6.54 Å². The minimum atomic E-state index is 0. The molecule has 1 aromatic carbocycles. The highest BCUT2D eigenvalue weighted by Gasteiger charge is 2.12. The summed E-state index contributed by atoms with van der Waals surface area (Å²) in [7, 11) is 3.26. The second-order valence-corrected chi connectivity index (χ2v) is 6.46. The van der Waals surface area contributed by atoms with Crippen LogP contribution in [0, 0.1) is 5.92 Å². The summed E-state index contributed by atoms with van der Waals surface area (Å²) in [6.07, 6.45) is 9.52. The van der Waals surface area contributed by atoms with E-state index in [9.17, 15) is 0 Å². The Morgan fingerprint density at radius 3 is 2.56 bits per heavy atom. The van der Waals surface area contributed by atoms with Crippen LogP contribution in [0.4, 0.5) is 0 Å². The first-order chi connectivity index (χ1) is 11.7. The number of guanidine groups is 1. The third-order valence-corrected chi connectivity index (χ3v) is 4.70. The van der Waals surface area contributed by atoms with Crippen LogP contribution in [0.15, 0.2) is 23.2 Å². The number of halogens is 1. The number of ether oxygens (including phenoxy) is 2. The van der Waals surface area contributed by atoms with E-state index < -0.39 is 0 Å². The Kier molecular flexibility index (Phi) is 10.7. The molecule has 25 heavy (non-hydrogen) atoms. The number of nitrogens with one attached hydrogen (secondary N) is 1. The highest BCUT2D eigenvalue weighted by atomic mass is 127. The van der Waals surface area contributed by atoms with Gasteiger partial charge in [-0.3, -0.25) is 0 Å². The smallest absolute Gasteiger partial charge is 0.188 e. The average molecular weight is 461 g/mol. The second-order valence-electron chi connectivity index (χ2n) is 6.46. The van der Waals surface area contributed by atoms with Gasteiger partial charge in [0.1, 0.15) is 0 Å². The van der Waals surface area contributed by atoms with E-state index in [1.54, 1.807) is 14.2 Å². The van der Waals surface area contributed by atoms with Gasteiger partial charge in [-0.05, 0) is 36.5 Å². The van der Waals surface area contributed by atoms with Gasteiger partial charge in [0.05, 0.1) is 20.8 Å². The Morgan fingerprint density at radius 1 is 1.16 bits per heavy atom. The number of hydrogen-bond donors (Lipinski definition) is 2. The fourth-order valence-corrected chi connectivity index (χ4v) is 3.29. The highest BCUT2D eigenvalue weighted by molar-refractivity contribution is 14.0. The lowest BCUT2D eigenvalue weighted by Crippen LogP contribution is -2.32. The van der Waals surface area contributed by atoms with Crippen molar-refractivity contribution in [1.82, 2.24) is 5.32 Å². The molecule has 0 bridgehead atoms.